The fourth-order valence-electron chi connectivity index (χ4n) is 1.27. The van der Waals surface area contributed by atoms with Crippen LogP contribution in [0, 0.1) is 0 Å². The highest BCUT2D eigenvalue weighted by Gasteiger charge is 2.13. The first-order valence-corrected chi connectivity index (χ1v) is 5.00. The van der Waals surface area contributed by atoms with Crippen molar-refractivity contribution < 1.29 is 14.6 Å². The molecule has 15 heavy (non-hydrogen) atoms. The van der Waals surface area contributed by atoms with Gasteiger partial charge >= 0.3 is 5.97 Å². The van der Waals surface area contributed by atoms with Crippen molar-refractivity contribution in [3.8, 4) is 5.75 Å². The molecule has 1 N–H and O–H groups in total. The number of ether oxygens (including phenoxy) is 1. The second kappa shape index (κ2) is 4.82. The molecule has 3 nitrogen and oxygen atoms in total. The van der Waals surface area contributed by atoms with E-state index in [-0.39, 0.29) is 6.10 Å². The molecule has 0 radical (unpaired) electrons. The highest BCUT2D eigenvalue weighted by atomic mass is 16.5. The van der Waals surface area contributed by atoms with Gasteiger partial charge in [-0.05, 0) is 38.5 Å². The summed E-state index contributed by atoms with van der Waals surface area (Å²) in [4.78, 5) is 10.8. The van der Waals surface area contributed by atoms with E-state index in [1.54, 1.807) is 19.1 Å². The van der Waals surface area contributed by atoms with E-state index in [0.29, 0.717) is 0 Å². The Labute approximate surface area is 89.7 Å². The Hall–Kier alpha value is -1.51. The van der Waals surface area contributed by atoms with E-state index >= 15 is 0 Å². The Morgan fingerprint density at radius 3 is 2.53 bits per heavy atom. The molecule has 0 saturated heterocycles. The van der Waals surface area contributed by atoms with Crippen LogP contribution in [-0.2, 0) is 4.79 Å². The summed E-state index contributed by atoms with van der Waals surface area (Å²) >= 11 is 0. The van der Waals surface area contributed by atoms with Gasteiger partial charge < -0.3 is 9.84 Å². The van der Waals surface area contributed by atoms with Crippen molar-refractivity contribution in [2.24, 2.45) is 0 Å². The van der Waals surface area contributed by atoms with Gasteiger partial charge in [-0.1, -0.05) is 12.1 Å². The van der Waals surface area contributed by atoms with Gasteiger partial charge in [0.2, 0.25) is 0 Å². The molecule has 3 heteroatoms. The Balaban J connectivity index is 2.87. The Morgan fingerprint density at radius 1 is 1.33 bits per heavy atom. The lowest BCUT2D eigenvalue weighted by molar-refractivity contribution is -0.138. The van der Waals surface area contributed by atoms with Gasteiger partial charge in [-0.25, -0.2) is 0 Å². The highest BCUT2D eigenvalue weighted by molar-refractivity contribution is 5.75. The quantitative estimate of drug-likeness (QED) is 0.827. The van der Waals surface area contributed by atoms with Crippen LogP contribution in [0.15, 0.2) is 24.3 Å². The Morgan fingerprint density at radius 2 is 2.00 bits per heavy atom. The van der Waals surface area contributed by atoms with Crippen molar-refractivity contribution in [3.05, 3.63) is 29.8 Å². The number of carbonyl (C=O) groups is 1. The summed E-state index contributed by atoms with van der Waals surface area (Å²) in [7, 11) is 0. The van der Waals surface area contributed by atoms with E-state index in [2.05, 4.69) is 0 Å². The molecule has 0 aliphatic carbocycles. The van der Waals surface area contributed by atoms with Gasteiger partial charge in [0.05, 0.1) is 12.0 Å². The molecule has 1 unspecified atom stereocenters. The second-order valence-electron chi connectivity index (χ2n) is 3.80. The predicted octanol–water partition coefficient (Wildman–Crippen LogP) is 2.66. The summed E-state index contributed by atoms with van der Waals surface area (Å²) in [5, 5.41) is 8.87. The van der Waals surface area contributed by atoms with Gasteiger partial charge in [0, 0.05) is 0 Å². The summed E-state index contributed by atoms with van der Waals surface area (Å²) in [6.45, 7) is 5.54. The molecule has 1 rings (SSSR count). The van der Waals surface area contributed by atoms with Crippen molar-refractivity contribution in [3.63, 3.8) is 0 Å². The lowest BCUT2D eigenvalue weighted by Gasteiger charge is -2.12. The maximum Gasteiger partial charge on any atom is 0.310 e. The van der Waals surface area contributed by atoms with Gasteiger partial charge in [-0.15, -0.1) is 0 Å². The van der Waals surface area contributed by atoms with Crippen LogP contribution in [0.5, 0.6) is 5.75 Å². The number of carboxylic acids is 1. The average molecular weight is 208 g/mol. The zero-order valence-corrected chi connectivity index (χ0v) is 9.23. The first-order valence-electron chi connectivity index (χ1n) is 5.00. The van der Waals surface area contributed by atoms with Crippen LogP contribution in [0.25, 0.3) is 0 Å². The largest absolute Gasteiger partial charge is 0.491 e. The first kappa shape index (κ1) is 11.6. The van der Waals surface area contributed by atoms with Crippen LogP contribution in [0.4, 0.5) is 0 Å². The monoisotopic (exact) mass is 208 g/mol. The molecule has 1 atom stereocenters. The molecule has 0 aromatic heterocycles. The standard InChI is InChI=1S/C12H16O3/c1-8(2)15-11-6-4-5-10(7-11)9(3)12(13)14/h4-9H,1-3H3,(H,13,14). The van der Waals surface area contributed by atoms with E-state index in [1.807, 2.05) is 26.0 Å². The van der Waals surface area contributed by atoms with E-state index in [4.69, 9.17) is 9.84 Å². The number of carboxylic acid groups (broad SMARTS) is 1. The number of benzene rings is 1. The molecule has 0 heterocycles. The van der Waals surface area contributed by atoms with Gasteiger partial charge in [0.15, 0.2) is 0 Å². The summed E-state index contributed by atoms with van der Waals surface area (Å²) in [6, 6.07) is 7.22. The minimum atomic E-state index is -0.823. The van der Waals surface area contributed by atoms with Gasteiger partial charge in [0.25, 0.3) is 0 Å². The number of hydrogen-bond acceptors (Lipinski definition) is 2. The molecular formula is C12H16O3. The smallest absolute Gasteiger partial charge is 0.310 e. The summed E-state index contributed by atoms with van der Waals surface area (Å²) < 4.78 is 5.49. The number of hydrogen-bond donors (Lipinski definition) is 1. The lowest BCUT2D eigenvalue weighted by Crippen LogP contribution is -2.09. The molecule has 0 spiro atoms. The van der Waals surface area contributed by atoms with Gasteiger partial charge in [-0.3, -0.25) is 4.79 Å². The van der Waals surface area contributed by atoms with E-state index in [9.17, 15) is 4.79 Å². The van der Waals surface area contributed by atoms with Crippen LogP contribution in [0.3, 0.4) is 0 Å². The first-order chi connectivity index (χ1) is 7.00. The molecule has 0 aliphatic rings. The molecule has 0 saturated carbocycles. The average Bonchev–Trinajstić information content (AvgIpc) is 2.16. The highest BCUT2D eigenvalue weighted by Crippen LogP contribution is 2.21. The van der Waals surface area contributed by atoms with E-state index in [0.717, 1.165) is 11.3 Å². The second-order valence-corrected chi connectivity index (χ2v) is 3.80. The lowest BCUT2D eigenvalue weighted by atomic mass is 10.0. The third-order valence-electron chi connectivity index (χ3n) is 2.10. The molecular weight excluding hydrogens is 192 g/mol. The van der Waals surface area contributed by atoms with E-state index < -0.39 is 11.9 Å². The maximum absolute atomic E-state index is 10.8. The third kappa shape index (κ3) is 3.27. The molecule has 1 aromatic carbocycles. The van der Waals surface area contributed by atoms with Crippen LogP contribution >= 0.6 is 0 Å². The van der Waals surface area contributed by atoms with Crippen molar-refractivity contribution in [2.45, 2.75) is 32.8 Å². The fraction of sp³-hybridized carbons (Fsp3) is 0.417. The zero-order valence-electron chi connectivity index (χ0n) is 9.23. The maximum atomic E-state index is 10.8. The topological polar surface area (TPSA) is 46.5 Å². The Bertz CT molecular complexity index is 344. The number of rotatable bonds is 4. The van der Waals surface area contributed by atoms with Crippen LogP contribution in [0.2, 0.25) is 0 Å². The minimum Gasteiger partial charge on any atom is -0.491 e. The van der Waals surface area contributed by atoms with Crippen LogP contribution in [-0.4, -0.2) is 17.2 Å². The molecule has 0 amide bonds. The normalized spacial score (nSPS) is 12.5. The van der Waals surface area contributed by atoms with E-state index in [1.165, 1.54) is 0 Å². The number of aliphatic carboxylic acids is 1. The predicted molar refractivity (Wildman–Crippen MR) is 58.3 cm³/mol. The van der Waals surface area contributed by atoms with Gasteiger partial charge in [-0.2, -0.15) is 0 Å². The van der Waals surface area contributed by atoms with Gasteiger partial charge in [0.1, 0.15) is 5.75 Å². The van der Waals surface area contributed by atoms with Crippen molar-refractivity contribution in [1.82, 2.24) is 0 Å². The molecule has 0 bridgehead atoms. The summed E-state index contributed by atoms with van der Waals surface area (Å²) in [5.41, 5.74) is 0.764. The SMILES string of the molecule is CC(C)Oc1cccc(C(C)C(=O)O)c1. The zero-order chi connectivity index (χ0) is 11.4. The molecule has 0 fully saturated rings. The van der Waals surface area contributed by atoms with Crippen molar-refractivity contribution in [2.75, 3.05) is 0 Å². The van der Waals surface area contributed by atoms with Crippen molar-refractivity contribution >= 4 is 5.97 Å². The summed E-state index contributed by atoms with van der Waals surface area (Å²) in [6.07, 6.45) is 0.0976. The Kier molecular flexibility index (Phi) is 3.72. The van der Waals surface area contributed by atoms with Crippen LogP contribution in [0.1, 0.15) is 32.3 Å². The van der Waals surface area contributed by atoms with Crippen molar-refractivity contribution in [1.29, 1.82) is 0 Å². The third-order valence-corrected chi connectivity index (χ3v) is 2.10. The fourth-order valence-corrected chi connectivity index (χ4v) is 1.27. The minimum absolute atomic E-state index is 0.0976. The molecule has 0 aliphatic heterocycles. The molecule has 1 aromatic rings. The summed E-state index contributed by atoms with van der Waals surface area (Å²) in [5.74, 6) is -0.604. The molecule has 82 valence electrons. The van der Waals surface area contributed by atoms with Crippen LogP contribution < -0.4 is 4.74 Å².